The first kappa shape index (κ1) is 14.8. The summed E-state index contributed by atoms with van der Waals surface area (Å²) in [5.74, 6) is 0. The molecule has 0 saturated carbocycles. The Morgan fingerprint density at radius 3 is 2.60 bits per heavy atom. The molecule has 1 aromatic heterocycles. The summed E-state index contributed by atoms with van der Waals surface area (Å²) >= 11 is 5.90. The minimum Gasteiger partial charge on any atom is -0.316 e. The van der Waals surface area contributed by atoms with Crippen LogP contribution < -0.4 is 5.32 Å². The van der Waals surface area contributed by atoms with Gasteiger partial charge in [0.1, 0.15) is 0 Å². The Hall–Kier alpha value is -1.59. The van der Waals surface area contributed by atoms with E-state index in [1.54, 1.807) is 25.2 Å². The third-order valence-corrected chi connectivity index (χ3v) is 3.09. The monoisotopic (exact) mass is 300 g/mol. The molecular weight excluding hydrogens is 289 g/mol. The average Bonchev–Trinajstić information content (AvgIpc) is 2.38. The lowest BCUT2D eigenvalue weighted by Gasteiger charge is -2.15. The number of alkyl halides is 3. The summed E-state index contributed by atoms with van der Waals surface area (Å²) in [6, 6.07) is 5.79. The van der Waals surface area contributed by atoms with Crippen LogP contribution in [0.2, 0.25) is 5.02 Å². The second-order valence-electron chi connectivity index (χ2n) is 4.25. The van der Waals surface area contributed by atoms with Gasteiger partial charge >= 0.3 is 6.18 Å². The summed E-state index contributed by atoms with van der Waals surface area (Å²) in [7, 11) is 1.72. The molecule has 1 heterocycles. The van der Waals surface area contributed by atoms with Crippen molar-refractivity contribution < 1.29 is 13.2 Å². The molecule has 0 fully saturated rings. The van der Waals surface area contributed by atoms with E-state index < -0.39 is 11.7 Å². The molecule has 6 heteroatoms. The van der Waals surface area contributed by atoms with Crippen molar-refractivity contribution in [3.05, 3.63) is 52.8 Å². The number of aromatic nitrogens is 1. The van der Waals surface area contributed by atoms with Crippen molar-refractivity contribution >= 4 is 11.6 Å². The van der Waals surface area contributed by atoms with Crippen LogP contribution in [0.3, 0.4) is 0 Å². The Morgan fingerprint density at radius 2 is 1.95 bits per heavy atom. The molecule has 0 spiro atoms. The second-order valence-corrected chi connectivity index (χ2v) is 4.69. The Balaban J connectivity index is 2.63. The van der Waals surface area contributed by atoms with Gasteiger partial charge in [-0.1, -0.05) is 17.7 Å². The van der Waals surface area contributed by atoms with Crippen LogP contribution in [-0.4, -0.2) is 12.0 Å². The lowest BCUT2D eigenvalue weighted by atomic mass is 9.97. The Bertz CT molecular complexity index is 612. The molecule has 0 atom stereocenters. The van der Waals surface area contributed by atoms with Crippen LogP contribution in [0.4, 0.5) is 13.2 Å². The maximum atomic E-state index is 13.1. The Kier molecular flexibility index (Phi) is 4.30. The van der Waals surface area contributed by atoms with E-state index in [-0.39, 0.29) is 5.56 Å². The van der Waals surface area contributed by atoms with E-state index in [1.165, 1.54) is 6.20 Å². The van der Waals surface area contributed by atoms with E-state index >= 15 is 0 Å². The fourth-order valence-corrected chi connectivity index (χ4v) is 2.21. The van der Waals surface area contributed by atoms with Crippen LogP contribution in [0, 0.1) is 0 Å². The number of nitrogens with one attached hydrogen (secondary N) is 1. The van der Waals surface area contributed by atoms with Gasteiger partial charge in [-0.05, 0) is 36.4 Å². The molecule has 0 aliphatic carbocycles. The molecule has 1 N–H and O–H groups in total. The van der Waals surface area contributed by atoms with Gasteiger partial charge in [-0.25, -0.2) is 0 Å². The van der Waals surface area contributed by atoms with E-state index in [9.17, 15) is 13.2 Å². The third kappa shape index (κ3) is 3.11. The van der Waals surface area contributed by atoms with Gasteiger partial charge in [-0.15, -0.1) is 0 Å². The first-order valence-electron chi connectivity index (χ1n) is 5.88. The number of nitrogens with zero attached hydrogens (tertiary/aromatic N) is 1. The van der Waals surface area contributed by atoms with Crippen LogP contribution >= 0.6 is 11.6 Å². The van der Waals surface area contributed by atoms with Crippen molar-refractivity contribution in [3.8, 4) is 11.1 Å². The Morgan fingerprint density at radius 1 is 1.20 bits per heavy atom. The number of rotatable bonds is 3. The molecule has 0 saturated heterocycles. The highest BCUT2D eigenvalue weighted by molar-refractivity contribution is 6.30. The van der Waals surface area contributed by atoms with E-state index in [0.717, 1.165) is 12.3 Å². The summed E-state index contributed by atoms with van der Waals surface area (Å²) in [4.78, 5) is 3.81. The molecule has 0 aliphatic rings. The third-order valence-electron chi connectivity index (χ3n) is 2.85. The predicted molar refractivity (Wildman–Crippen MR) is 72.4 cm³/mol. The smallest absolute Gasteiger partial charge is 0.316 e. The normalized spacial score (nSPS) is 11.7. The van der Waals surface area contributed by atoms with Gasteiger partial charge < -0.3 is 5.32 Å². The molecule has 20 heavy (non-hydrogen) atoms. The van der Waals surface area contributed by atoms with Gasteiger partial charge in [0.15, 0.2) is 0 Å². The van der Waals surface area contributed by atoms with Gasteiger partial charge in [0, 0.05) is 29.5 Å². The SMILES string of the molecule is CNCc1cc(Cl)ccc1-c1cnccc1C(F)(F)F. The minimum absolute atomic E-state index is 0.0573. The highest BCUT2D eigenvalue weighted by atomic mass is 35.5. The highest BCUT2D eigenvalue weighted by Crippen LogP contribution is 2.38. The zero-order chi connectivity index (χ0) is 14.8. The fraction of sp³-hybridized carbons (Fsp3) is 0.214. The lowest BCUT2D eigenvalue weighted by molar-refractivity contribution is -0.137. The van der Waals surface area contributed by atoms with Gasteiger partial charge in [0.2, 0.25) is 0 Å². The molecule has 0 aliphatic heterocycles. The van der Waals surface area contributed by atoms with Crippen molar-refractivity contribution in [3.63, 3.8) is 0 Å². The van der Waals surface area contributed by atoms with Crippen LogP contribution in [0.1, 0.15) is 11.1 Å². The zero-order valence-corrected chi connectivity index (χ0v) is 11.4. The highest BCUT2D eigenvalue weighted by Gasteiger charge is 2.34. The van der Waals surface area contributed by atoms with Gasteiger partial charge in [0.25, 0.3) is 0 Å². The Labute approximate surface area is 119 Å². The van der Waals surface area contributed by atoms with Crippen molar-refractivity contribution in [1.29, 1.82) is 0 Å². The van der Waals surface area contributed by atoms with E-state index in [2.05, 4.69) is 10.3 Å². The molecule has 1 aromatic carbocycles. The molecular formula is C14H12ClF3N2. The summed E-state index contributed by atoms with van der Waals surface area (Å²) < 4.78 is 39.2. The largest absolute Gasteiger partial charge is 0.417 e. The predicted octanol–water partition coefficient (Wildman–Crippen LogP) is 4.14. The molecule has 2 aromatic rings. The second kappa shape index (κ2) is 5.81. The van der Waals surface area contributed by atoms with E-state index in [4.69, 9.17) is 11.6 Å². The van der Waals surface area contributed by atoms with Crippen LogP contribution in [0.25, 0.3) is 11.1 Å². The molecule has 0 amide bonds. The van der Waals surface area contributed by atoms with Crippen molar-refractivity contribution in [2.45, 2.75) is 12.7 Å². The first-order valence-corrected chi connectivity index (χ1v) is 6.26. The number of pyridine rings is 1. The lowest BCUT2D eigenvalue weighted by Crippen LogP contribution is -2.10. The van der Waals surface area contributed by atoms with E-state index in [1.807, 2.05) is 0 Å². The van der Waals surface area contributed by atoms with Crippen LogP contribution in [0.15, 0.2) is 36.7 Å². The maximum absolute atomic E-state index is 13.1. The zero-order valence-electron chi connectivity index (χ0n) is 10.6. The summed E-state index contributed by atoms with van der Waals surface area (Å²) in [6.07, 6.45) is -2.06. The molecule has 2 rings (SSSR count). The van der Waals surface area contributed by atoms with Gasteiger partial charge in [0.05, 0.1) is 5.56 Å². The summed E-state index contributed by atoms with van der Waals surface area (Å²) in [5, 5.41) is 3.40. The molecule has 106 valence electrons. The van der Waals surface area contributed by atoms with Crippen LogP contribution in [-0.2, 0) is 12.7 Å². The molecule has 0 radical (unpaired) electrons. The number of benzene rings is 1. The van der Waals surface area contributed by atoms with Gasteiger partial charge in [-0.2, -0.15) is 13.2 Å². The molecule has 0 unspecified atom stereocenters. The first-order chi connectivity index (χ1) is 9.43. The number of hydrogen-bond acceptors (Lipinski definition) is 2. The number of halogens is 4. The number of hydrogen-bond donors (Lipinski definition) is 1. The minimum atomic E-state index is -4.42. The van der Waals surface area contributed by atoms with Crippen molar-refractivity contribution in [1.82, 2.24) is 10.3 Å². The topological polar surface area (TPSA) is 24.9 Å². The maximum Gasteiger partial charge on any atom is 0.417 e. The summed E-state index contributed by atoms with van der Waals surface area (Å²) in [5.41, 5.74) is 0.525. The van der Waals surface area contributed by atoms with Crippen LogP contribution in [0.5, 0.6) is 0 Å². The summed E-state index contributed by atoms with van der Waals surface area (Å²) in [6.45, 7) is 0.419. The molecule has 0 bridgehead atoms. The van der Waals surface area contributed by atoms with Gasteiger partial charge in [-0.3, -0.25) is 4.98 Å². The fourth-order valence-electron chi connectivity index (χ4n) is 2.02. The van der Waals surface area contributed by atoms with Crippen molar-refractivity contribution in [2.75, 3.05) is 7.05 Å². The average molecular weight is 301 g/mol. The standard InChI is InChI=1S/C14H12ClF3N2/c1-19-7-9-6-10(15)2-3-11(9)12-8-20-5-4-13(12)14(16,17)18/h2-6,8,19H,7H2,1H3. The quantitative estimate of drug-likeness (QED) is 0.921. The van der Waals surface area contributed by atoms with Crippen molar-refractivity contribution in [2.24, 2.45) is 0 Å². The molecule has 2 nitrogen and oxygen atoms in total. The van der Waals surface area contributed by atoms with E-state index in [0.29, 0.717) is 22.7 Å².